The largest absolute Gasteiger partial charge is 0.311 e. The topological polar surface area (TPSA) is 46.0 Å². The number of hydrogen-bond donors (Lipinski definition) is 1. The minimum Gasteiger partial charge on any atom is -0.311 e. The Labute approximate surface area is 132 Å². The Balaban J connectivity index is 1.72. The molecule has 0 saturated carbocycles. The lowest BCUT2D eigenvalue weighted by molar-refractivity contribution is 0.246. The Bertz CT molecular complexity index is 429. The van der Waals surface area contributed by atoms with Gasteiger partial charge in [0.05, 0.1) is 12.2 Å². The number of thioether (sulfide) groups is 1. The Morgan fingerprint density at radius 1 is 1.38 bits per heavy atom. The lowest BCUT2D eigenvalue weighted by Crippen LogP contribution is -2.44. The van der Waals surface area contributed by atoms with Gasteiger partial charge in [-0.25, -0.2) is 0 Å². The first-order valence-corrected chi connectivity index (χ1v) is 8.89. The van der Waals surface area contributed by atoms with Crippen molar-refractivity contribution >= 4 is 11.8 Å². The van der Waals surface area contributed by atoms with Gasteiger partial charge in [0, 0.05) is 42.9 Å². The quantitative estimate of drug-likeness (QED) is 0.833. The van der Waals surface area contributed by atoms with Crippen LogP contribution in [-0.2, 0) is 13.1 Å². The van der Waals surface area contributed by atoms with Crippen LogP contribution < -0.4 is 5.32 Å². The predicted octanol–water partition coefficient (Wildman–Crippen LogP) is 1.85. The molecule has 0 radical (unpaired) electrons. The third-order valence-corrected chi connectivity index (χ3v) is 4.89. The van der Waals surface area contributed by atoms with Gasteiger partial charge in [-0.1, -0.05) is 19.1 Å². The van der Waals surface area contributed by atoms with Gasteiger partial charge in [0.15, 0.2) is 0 Å². The zero-order chi connectivity index (χ0) is 15.3. The normalized spacial score (nSPS) is 19.3. The van der Waals surface area contributed by atoms with E-state index in [1.807, 2.05) is 4.68 Å². The van der Waals surface area contributed by atoms with Crippen LogP contribution in [0.5, 0.6) is 0 Å². The fourth-order valence-electron chi connectivity index (χ4n) is 2.57. The molecule has 0 aliphatic carbocycles. The third-order valence-electron chi connectivity index (χ3n) is 3.59. The van der Waals surface area contributed by atoms with Gasteiger partial charge in [0.2, 0.25) is 0 Å². The molecule has 0 atom stereocenters. The van der Waals surface area contributed by atoms with E-state index in [-0.39, 0.29) is 0 Å². The number of rotatable bonds is 7. The molecular formula is C15H29N5S. The molecule has 0 amide bonds. The first-order chi connectivity index (χ1) is 9.94. The average molecular weight is 311 g/mol. The van der Waals surface area contributed by atoms with E-state index < -0.39 is 0 Å². The van der Waals surface area contributed by atoms with E-state index >= 15 is 0 Å². The first-order valence-electron chi connectivity index (χ1n) is 7.91. The molecule has 120 valence electrons. The van der Waals surface area contributed by atoms with E-state index in [0.29, 0.717) is 10.7 Å². The van der Waals surface area contributed by atoms with E-state index in [0.717, 1.165) is 38.4 Å². The SMILES string of the molecule is CC(C)CNCc1cn(CCN2CCSC(C)(C)C2)nn1. The van der Waals surface area contributed by atoms with Gasteiger partial charge < -0.3 is 5.32 Å². The maximum Gasteiger partial charge on any atom is 0.0964 e. The summed E-state index contributed by atoms with van der Waals surface area (Å²) in [5.41, 5.74) is 1.03. The summed E-state index contributed by atoms with van der Waals surface area (Å²) >= 11 is 2.08. The van der Waals surface area contributed by atoms with Crippen molar-refractivity contribution in [2.45, 2.75) is 45.5 Å². The predicted molar refractivity (Wildman–Crippen MR) is 89.5 cm³/mol. The Kier molecular flexibility index (Phi) is 6.08. The van der Waals surface area contributed by atoms with Crippen molar-refractivity contribution in [3.8, 4) is 0 Å². The second-order valence-corrected chi connectivity index (χ2v) is 8.68. The lowest BCUT2D eigenvalue weighted by Gasteiger charge is -2.37. The van der Waals surface area contributed by atoms with E-state index in [9.17, 15) is 0 Å². The van der Waals surface area contributed by atoms with Crippen molar-refractivity contribution < 1.29 is 0 Å². The third kappa shape index (κ3) is 5.96. The molecule has 21 heavy (non-hydrogen) atoms. The molecule has 0 aromatic carbocycles. The Morgan fingerprint density at radius 3 is 2.90 bits per heavy atom. The van der Waals surface area contributed by atoms with Crippen LogP contribution in [0.25, 0.3) is 0 Å². The summed E-state index contributed by atoms with van der Waals surface area (Å²) in [6, 6.07) is 0. The fourth-order valence-corrected chi connectivity index (χ4v) is 3.74. The Morgan fingerprint density at radius 2 is 2.19 bits per heavy atom. The van der Waals surface area contributed by atoms with Crippen LogP contribution in [-0.4, -0.2) is 56.6 Å². The number of nitrogens with zero attached hydrogens (tertiary/aromatic N) is 4. The average Bonchev–Trinajstić information content (AvgIpc) is 2.83. The van der Waals surface area contributed by atoms with Crippen molar-refractivity contribution in [1.29, 1.82) is 0 Å². The molecular weight excluding hydrogens is 282 g/mol. The van der Waals surface area contributed by atoms with Crippen LogP contribution in [0.3, 0.4) is 0 Å². The number of aromatic nitrogens is 3. The van der Waals surface area contributed by atoms with Crippen LogP contribution >= 0.6 is 11.8 Å². The summed E-state index contributed by atoms with van der Waals surface area (Å²) in [5.74, 6) is 1.90. The standard InChI is InChI=1S/C15H29N5S/c1-13(2)9-16-10-14-11-20(18-17-14)6-5-19-7-8-21-15(3,4)12-19/h11,13,16H,5-10,12H2,1-4H3. The number of hydrogen-bond acceptors (Lipinski definition) is 5. The summed E-state index contributed by atoms with van der Waals surface area (Å²) in [6.07, 6.45) is 2.07. The van der Waals surface area contributed by atoms with E-state index in [1.165, 1.54) is 12.3 Å². The lowest BCUT2D eigenvalue weighted by atomic mass is 10.2. The van der Waals surface area contributed by atoms with Crippen molar-refractivity contribution in [2.24, 2.45) is 5.92 Å². The molecule has 0 bridgehead atoms. The smallest absolute Gasteiger partial charge is 0.0964 e. The zero-order valence-electron chi connectivity index (χ0n) is 13.8. The zero-order valence-corrected chi connectivity index (χ0v) is 14.6. The molecule has 1 fully saturated rings. The molecule has 2 heterocycles. The van der Waals surface area contributed by atoms with E-state index in [1.54, 1.807) is 0 Å². The molecule has 1 aromatic rings. The summed E-state index contributed by atoms with van der Waals surface area (Å²) in [6.45, 7) is 15.3. The first kappa shape index (κ1) is 16.8. The summed E-state index contributed by atoms with van der Waals surface area (Å²) in [4.78, 5) is 2.54. The van der Waals surface area contributed by atoms with Crippen molar-refractivity contribution in [2.75, 3.05) is 31.9 Å². The molecule has 1 aromatic heterocycles. The molecule has 2 rings (SSSR count). The number of nitrogens with one attached hydrogen (secondary N) is 1. The minimum atomic E-state index is 0.381. The van der Waals surface area contributed by atoms with Crippen molar-refractivity contribution in [1.82, 2.24) is 25.2 Å². The van der Waals surface area contributed by atoms with Gasteiger partial charge in [-0.15, -0.1) is 5.10 Å². The highest BCUT2D eigenvalue weighted by Crippen LogP contribution is 2.29. The molecule has 5 nitrogen and oxygen atoms in total. The molecule has 1 N–H and O–H groups in total. The van der Waals surface area contributed by atoms with Gasteiger partial charge in [0.1, 0.15) is 0 Å². The fraction of sp³-hybridized carbons (Fsp3) is 0.867. The van der Waals surface area contributed by atoms with Gasteiger partial charge in [-0.05, 0) is 26.3 Å². The monoisotopic (exact) mass is 311 g/mol. The van der Waals surface area contributed by atoms with Crippen LogP contribution in [0.4, 0.5) is 0 Å². The summed E-state index contributed by atoms with van der Waals surface area (Å²) < 4.78 is 2.35. The van der Waals surface area contributed by atoms with Crippen LogP contribution in [0.15, 0.2) is 6.20 Å². The van der Waals surface area contributed by atoms with Gasteiger partial charge in [0.25, 0.3) is 0 Å². The van der Waals surface area contributed by atoms with E-state index in [2.05, 4.69) is 66.2 Å². The Hall–Kier alpha value is -0.590. The van der Waals surface area contributed by atoms with Gasteiger partial charge in [-0.2, -0.15) is 11.8 Å². The molecule has 6 heteroatoms. The van der Waals surface area contributed by atoms with Gasteiger partial charge >= 0.3 is 0 Å². The molecule has 1 saturated heterocycles. The highest BCUT2D eigenvalue weighted by atomic mass is 32.2. The highest BCUT2D eigenvalue weighted by molar-refractivity contribution is 8.00. The summed E-state index contributed by atoms with van der Waals surface area (Å²) in [5, 5.41) is 11.9. The van der Waals surface area contributed by atoms with Crippen LogP contribution in [0.1, 0.15) is 33.4 Å². The molecule has 0 unspecified atom stereocenters. The second kappa shape index (κ2) is 7.61. The van der Waals surface area contributed by atoms with Crippen LogP contribution in [0, 0.1) is 5.92 Å². The van der Waals surface area contributed by atoms with Crippen molar-refractivity contribution in [3.63, 3.8) is 0 Å². The van der Waals surface area contributed by atoms with Gasteiger partial charge in [-0.3, -0.25) is 9.58 Å². The minimum absolute atomic E-state index is 0.381. The maximum atomic E-state index is 4.23. The molecule has 0 spiro atoms. The van der Waals surface area contributed by atoms with Crippen LogP contribution in [0.2, 0.25) is 0 Å². The summed E-state index contributed by atoms with van der Waals surface area (Å²) in [7, 11) is 0. The highest BCUT2D eigenvalue weighted by Gasteiger charge is 2.26. The van der Waals surface area contributed by atoms with E-state index in [4.69, 9.17) is 0 Å². The second-order valence-electron chi connectivity index (χ2n) is 6.88. The van der Waals surface area contributed by atoms with Crippen molar-refractivity contribution in [3.05, 3.63) is 11.9 Å². The maximum absolute atomic E-state index is 4.23. The molecule has 1 aliphatic rings. The molecule has 1 aliphatic heterocycles.